The van der Waals surface area contributed by atoms with Gasteiger partial charge in [0, 0.05) is 6.04 Å². The monoisotopic (exact) mass is 115 g/mol. The van der Waals surface area contributed by atoms with Crippen LogP contribution in [-0.2, 0) is 0 Å². The second kappa shape index (κ2) is 3.90. The van der Waals surface area contributed by atoms with Crippen molar-refractivity contribution in [2.45, 2.75) is 33.2 Å². The summed E-state index contributed by atoms with van der Waals surface area (Å²) < 4.78 is 0. The Morgan fingerprint density at radius 2 is 1.88 bits per heavy atom. The van der Waals surface area contributed by atoms with Crippen LogP contribution in [0.5, 0.6) is 0 Å². The molecule has 0 heterocycles. The largest absolute Gasteiger partial charge is 0.317 e. The highest BCUT2D eigenvalue weighted by Crippen LogP contribution is 2.04. The average molecular weight is 115 g/mol. The standard InChI is InChI=1S/C7H17N/c1-5-6(2)7(3)8-4/h6-8H,5H2,1-4H3/t6-,7?/m0/s1. The molecule has 0 aromatic heterocycles. The van der Waals surface area contributed by atoms with Gasteiger partial charge in [-0.15, -0.1) is 0 Å². The molecule has 0 bridgehead atoms. The molecule has 0 aliphatic heterocycles. The predicted molar refractivity (Wildman–Crippen MR) is 38.0 cm³/mol. The Morgan fingerprint density at radius 3 is 2.00 bits per heavy atom. The van der Waals surface area contributed by atoms with E-state index in [-0.39, 0.29) is 0 Å². The van der Waals surface area contributed by atoms with Crippen LogP contribution < -0.4 is 5.32 Å². The first-order chi connectivity index (χ1) is 3.72. The van der Waals surface area contributed by atoms with Gasteiger partial charge in [0.25, 0.3) is 0 Å². The summed E-state index contributed by atoms with van der Waals surface area (Å²) in [5.74, 6) is 0.806. The van der Waals surface area contributed by atoms with Crippen molar-refractivity contribution < 1.29 is 0 Å². The molecule has 50 valence electrons. The van der Waals surface area contributed by atoms with Crippen LogP contribution in [0, 0.1) is 5.92 Å². The zero-order chi connectivity index (χ0) is 6.57. The smallest absolute Gasteiger partial charge is 0.00612 e. The van der Waals surface area contributed by atoms with Crippen LogP contribution in [-0.4, -0.2) is 13.1 Å². The summed E-state index contributed by atoms with van der Waals surface area (Å²) in [5, 5.41) is 3.22. The lowest BCUT2D eigenvalue weighted by Gasteiger charge is -2.16. The van der Waals surface area contributed by atoms with Gasteiger partial charge in [0.15, 0.2) is 0 Å². The fourth-order valence-corrected chi connectivity index (χ4v) is 0.638. The van der Waals surface area contributed by atoms with E-state index in [2.05, 4.69) is 26.1 Å². The van der Waals surface area contributed by atoms with Crippen molar-refractivity contribution in [3.8, 4) is 0 Å². The van der Waals surface area contributed by atoms with E-state index in [4.69, 9.17) is 0 Å². The van der Waals surface area contributed by atoms with Crippen LogP contribution in [0.15, 0.2) is 0 Å². The maximum absolute atomic E-state index is 3.22. The fourth-order valence-electron chi connectivity index (χ4n) is 0.638. The minimum atomic E-state index is 0.667. The van der Waals surface area contributed by atoms with Gasteiger partial charge >= 0.3 is 0 Å². The molecule has 1 N–H and O–H groups in total. The molecule has 0 fully saturated rings. The van der Waals surface area contributed by atoms with E-state index in [0.717, 1.165) is 5.92 Å². The van der Waals surface area contributed by atoms with E-state index in [9.17, 15) is 0 Å². The van der Waals surface area contributed by atoms with E-state index in [1.54, 1.807) is 0 Å². The molecule has 0 aromatic rings. The minimum Gasteiger partial charge on any atom is -0.317 e. The summed E-state index contributed by atoms with van der Waals surface area (Å²) in [6, 6.07) is 0.667. The lowest BCUT2D eigenvalue weighted by molar-refractivity contribution is 0.415. The van der Waals surface area contributed by atoms with E-state index >= 15 is 0 Å². The Kier molecular flexibility index (Phi) is 3.88. The van der Waals surface area contributed by atoms with Crippen LogP contribution in [0.3, 0.4) is 0 Å². The second-order valence-electron chi connectivity index (χ2n) is 2.46. The molecular weight excluding hydrogens is 98.1 g/mol. The summed E-state index contributed by atoms with van der Waals surface area (Å²) >= 11 is 0. The third-order valence-corrected chi connectivity index (χ3v) is 1.95. The topological polar surface area (TPSA) is 12.0 Å². The lowest BCUT2D eigenvalue weighted by Crippen LogP contribution is -2.27. The molecule has 1 heteroatoms. The van der Waals surface area contributed by atoms with Gasteiger partial charge in [-0.3, -0.25) is 0 Å². The Bertz CT molecular complexity index is 44.3. The molecule has 2 atom stereocenters. The summed E-state index contributed by atoms with van der Waals surface area (Å²) in [6.45, 7) is 6.70. The third-order valence-electron chi connectivity index (χ3n) is 1.95. The molecule has 8 heavy (non-hydrogen) atoms. The SMILES string of the molecule is CC[C@H](C)C(C)NC. The zero-order valence-corrected chi connectivity index (χ0v) is 6.36. The molecule has 0 rings (SSSR count). The number of rotatable bonds is 3. The highest BCUT2D eigenvalue weighted by atomic mass is 14.9. The summed E-state index contributed by atoms with van der Waals surface area (Å²) in [4.78, 5) is 0. The van der Waals surface area contributed by atoms with Crippen LogP contribution in [0.1, 0.15) is 27.2 Å². The molecular formula is C7H17N. The minimum absolute atomic E-state index is 0.667. The van der Waals surface area contributed by atoms with Gasteiger partial charge in [-0.2, -0.15) is 0 Å². The van der Waals surface area contributed by atoms with Gasteiger partial charge in [0.2, 0.25) is 0 Å². The zero-order valence-electron chi connectivity index (χ0n) is 6.36. The summed E-state index contributed by atoms with van der Waals surface area (Å²) in [6.07, 6.45) is 1.27. The Balaban J connectivity index is 3.29. The molecule has 0 saturated heterocycles. The first-order valence-corrected chi connectivity index (χ1v) is 3.39. The van der Waals surface area contributed by atoms with Crippen molar-refractivity contribution in [2.75, 3.05) is 7.05 Å². The normalized spacial score (nSPS) is 18.0. The van der Waals surface area contributed by atoms with Crippen LogP contribution in [0.4, 0.5) is 0 Å². The molecule has 0 aromatic carbocycles. The van der Waals surface area contributed by atoms with Crippen molar-refractivity contribution >= 4 is 0 Å². The molecule has 0 spiro atoms. The van der Waals surface area contributed by atoms with Crippen molar-refractivity contribution in [2.24, 2.45) is 5.92 Å². The highest BCUT2D eigenvalue weighted by Gasteiger charge is 2.04. The highest BCUT2D eigenvalue weighted by molar-refractivity contribution is 4.63. The van der Waals surface area contributed by atoms with Gasteiger partial charge in [-0.25, -0.2) is 0 Å². The van der Waals surface area contributed by atoms with E-state index in [0.29, 0.717) is 6.04 Å². The summed E-state index contributed by atoms with van der Waals surface area (Å²) in [5.41, 5.74) is 0. The number of nitrogens with one attached hydrogen (secondary N) is 1. The van der Waals surface area contributed by atoms with Crippen molar-refractivity contribution in [3.05, 3.63) is 0 Å². The molecule has 0 aliphatic carbocycles. The number of hydrogen-bond acceptors (Lipinski definition) is 1. The lowest BCUT2D eigenvalue weighted by atomic mass is 10.0. The van der Waals surface area contributed by atoms with Crippen molar-refractivity contribution in [3.63, 3.8) is 0 Å². The Hall–Kier alpha value is -0.0400. The molecule has 1 nitrogen and oxygen atoms in total. The first-order valence-electron chi connectivity index (χ1n) is 3.39. The first kappa shape index (κ1) is 7.96. The van der Waals surface area contributed by atoms with Crippen molar-refractivity contribution in [1.82, 2.24) is 5.32 Å². The molecule has 0 saturated carbocycles. The quantitative estimate of drug-likeness (QED) is 0.589. The second-order valence-corrected chi connectivity index (χ2v) is 2.46. The maximum atomic E-state index is 3.22. The van der Waals surface area contributed by atoms with Crippen LogP contribution in [0.2, 0.25) is 0 Å². The third kappa shape index (κ3) is 2.31. The predicted octanol–water partition coefficient (Wildman–Crippen LogP) is 1.64. The number of hydrogen-bond donors (Lipinski definition) is 1. The van der Waals surface area contributed by atoms with Crippen molar-refractivity contribution in [1.29, 1.82) is 0 Å². The maximum Gasteiger partial charge on any atom is 0.00612 e. The van der Waals surface area contributed by atoms with E-state index in [1.165, 1.54) is 6.42 Å². The molecule has 0 radical (unpaired) electrons. The van der Waals surface area contributed by atoms with Gasteiger partial charge in [-0.05, 0) is 19.9 Å². The molecule has 1 unspecified atom stereocenters. The van der Waals surface area contributed by atoms with Gasteiger partial charge < -0.3 is 5.32 Å². The molecule has 0 amide bonds. The Morgan fingerprint density at radius 1 is 1.38 bits per heavy atom. The Labute approximate surface area is 52.5 Å². The van der Waals surface area contributed by atoms with Crippen LogP contribution >= 0.6 is 0 Å². The molecule has 0 aliphatic rings. The van der Waals surface area contributed by atoms with Crippen LogP contribution in [0.25, 0.3) is 0 Å². The average Bonchev–Trinajstić information content (AvgIpc) is 1.84. The van der Waals surface area contributed by atoms with Gasteiger partial charge in [0.1, 0.15) is 0 Å². The van der Waals surface area contributed by atoms with Gasteiger partial charge in [-0.1, -0.05) is 20.3 Å². The fraction of sp³-hybridized carbons (Fsp3) is 1.00. The van der Waals surface area contributed by atoms with E-state index in [1.807, 2.05) is 7.05 Å². The van der Waals surface area contributed by atoms with E-state index < -0.39 is 0 Å². The summed E-state index contributed by atoms with van der Waals surface area (Å²) in [7, 11) is 2.01. The van der Waals surface area contributed by atoms with Gasteiger partial charge in [0.05, 0.1) is 0 Å².